The maximum Gasteiger partial charge on any atom is 0.234 e. The van der Waals surface area contributed by atoms with Crippen molar-refractivity contribution in [2.75, 3.05) is 52.4 Å². The van der Waals surface area contributed by atoms with Crippen LogP contribution in [0, 0.1) is 5.92 Å². The van der Waals surface area contributed by atoms with Crippen LogP contribution in [0.15, 0.2) is 0 Å². The number of nitrogens with two attached hydrogens (primary N) is 6. The Kier molecular flexibility index (Phi) is 18.8. The highest BCUT2D eigenvalue weighted by Crippen LogP contribution is 2.35. The number of nitrogens with one attached hydrogen (secondary N) is 3. The highest BCUT2D eigenvalue weighted by atomic mass is 16.7. The van der Waals surface area contributed by atoms with Crippen molar-refractivity contribution in [3.8, 4) is 0 Å². The zero-order valence-electron chi connectivity index (χ0n) is 30.1. The Labute approximate surface area is 304 Å². The van der Waals surface area contributed by atoms with Crippen molar-refractivity contribution in [3.63, 3.8) is 0 Å². The average Bonchev–Trinajstić information content (AvgIpc) is 3.42. The zero-order chi connectivity index (χ0) is 38.7. The molecule has 21 heteroatoms. The fraction of sp³-hybridized carbons (Fsp3) is 0.968. The van der Waals surface area contributed by atoms with Gasteiger partial charge in [-0.1, -0.05) is 6.92 Å². The number of amides is 1. The summed E-state index contributed by atoms with van der Waals surface area (Å²) in [6.07, 6.45) is -15.4. The van der Waals surface area contributed by atoms with Gasteiger partial charge in [-0.05, 0) is 25.7 Å². The van der Waals surface area contributed by atoms with Gasteiger partial charge in [0.2, 0.25) is 5.91 Å². The molecule has 18 atom stereocenters. The highest BCUT2D eigenvalue weighted by Gasteiger charge is 2.52. The summed E-state index contributed by atoms with van der Waals surface area (Å²) in [6, 6.07) is -3.16. The van der Waals surface area contributed by atoms with Crippen LogP contribution in [-0.2, 0) is 28.5 Å². The van der Waals surface area contributed by atoms with E-state index < -0.39 is 110 Å². The molecule has 2 saturated heterocycles. The van der Waals surface area contributed by atoms with Gasteiger partial charge in [0.1, 0.15) is 36.6 Å². The zero-order valence-corrected chi connectivity index (χ0v) is 30.1. The molecule has 0 aromatic rings. The van der Waals surface area contributed by atoms with E-state index in [-0.39, 0.29) is 37.9 Å². The molecule has 1 saturated carbocycles. The monoisotopic (exact) mass is 755 g/mol. The van der Waals surface area contributed by atoms with E-state index in [9.17, 15) is 35.4 Å². The fourth-order valence-corrected chi connectivity index (χ4v) is 6.78. The van der Waals surface area contributed by atoms with E-state index in [4.69, 9.17) is 58.1 Å². The number of carbonyl (C=O) groups is 1. The number of hydrogen-bond acceptors (Lipinski definition) is 20. The largest absolute Gasteiger partial charge is 0.394 e. The summed E-state index contributed by atoms with van der Waals surface area (Å²) in [6.45, 7) is 4.97. The predicted molar refractivity (Wildman–Crippen MR) is 186 cm³/mol. The molecule has 3 rings (SSSR count). The molecule has 3 aliphatic rings. The number of ether oxygens (including phenoxy) is 5. The van der Waals surface area contributed by atoms with Gasteiger partial charge in [-0.15, -0.1) is 0 Å². The number of aliphatic hydroxyl groups is 6. The lowest BCUT2D eigenvalue weighted by molar-refractivity contribution is -0.294. The van der Waals surface area contributed by atoms with E-state index in [2.05, 4.69) is 16.0 Å². The van der Waals surface area contributed by atoms with E-state index in [1.54, 1.807) is 0 Å². The Balaban J connectivity index is 1.65. The summed E-state index contributed by atoms with van der Waals surface area (Å²) in [7, 11) is 0. The minimum atomic E-state index is -1.66. The highest BCUT2D eigenvalue weighted by molar-refractivity contribution is 5.78. The fourth-order valence-electron chi connectivity index (χ4n) is 6.78. The van der Waals surface area contributed by atoms with Gasteiger partial charge in [0.25, 0.3) is 0 Å². The minimum absolute atomic E-state index is 0.0549. The van der Waals surface area contributed by atoms with Crippen molar-refractivity contribution >= 4 is 5.91 Å². The maximum absolute atomic E-state index is 12.6. The molecule has 1 aliphatic carbocycles. The molecule has 7 unspecified atom stereocenters. The van der Waals surface area contributed by atoms with Crippen LogP contribution in [0.2, 0.25) is 0 Å². The lowest BCUT2D eigenvalue weighted by Crippen LogP contribution is -2.64. The number of hydrogen-bond donors (Lipinski definition) is 15. The molecule has 52 heavy (non-hydrogen) atoms. The molecule has 1 amide bonds. The van der Waals surface area contributed by atoms with E-state index in [0.717, 1.165) is 0 Å². The summed E-state index contributed by atoms with van der Waals surface area (Å²) < 4.78 is 30.4. The third-order valence-corrected chi connectivity index (χ3v) is 9.95. The quantitative estimate of drug-likeness (QED) is 0.0484. The van der Waals surface area contributed by atoms with Crippen molar-refractivity contribution in [2.45, 2.75) is 131 Å². The van der Waals surface area contributed by atoms with E-state index in [1.165, 1.54) is 6.92 Å². The molecule has 21 nitrogen and oxygen atoms in total. The molecule has 21 N–H and O–H groups in total. The number of carbonyl (C=O) groups excluding carboxylic acids is 1. The molecule has 0 aromatic heterocycles. The lowest BCUT2D eigenvalue weighted by atomic mass is 9.80. The normalized spacial score (nSPS) is 38.4. The van der Waals surface area contributed by atoms with Crippen LogP contribution in [0.25, 0.3) is 0 Å². The topological polar surface area (TPSA) is 377 Å². The first-order valence-corrected chi connectivity index (χ1v) is 18.0. The third kappa shape index (κ3) is 11.9. The van der Waals surface area contributed by atoms with Gasteiger partial charge in [0, 0.05) is 45.3 Å². The second kappa shape index (κ2) is 21.7. The van der Waals surface area contributed by atoms with Gasteiger partial charge in [-0.2, -0.15) is 0 Å². The van der Waals surface area contributed by atoms with Crippen molar-refractivity contribution < 1.29 is 59.1 Å². The molecular weight excluding hydrogens is 690 g/mol. The van der Waals surface area contributed by atoms with Gasteiger partial charge in [0.15, 0.2) is 12.6 Å². The first kappa shape index (κ1) is 45.1. The Morgan fingerprint density at radius 2 is 1.52 bits per heavy atom. The molecular formula is C31H65N9O12. The van der Waals surface area contributed by atoms with Crippen molar-refractivity contribution in [2.24, 2.45) is 40.3 Å². The Morgan fingerprint density at radius 1 is 0.865 bits per heavy atom. The van der Waals surface area contributed by atoms with Crippen LogP contribution in [0.4, 0.5) is 0 Å². The molecule has 0 aromatic carbocycles. The van der Waals surface area contributed by atoms with E-state index in [0.29, 0.717) is 32.6 Å². The van der Waals surface area contributed by atoms with Crippen LogP contribution in [0.3, 0.4) is 0 Å². The summed E-state index contributed by atoms with van der Waals surface area (Å²) in [5, 5.41) is 72.1. The summed E-state index contributed by atoms with van der Waals surface area (Å²) in [5.74, 6) is -0.551. The first-order chi connectivity index (χ1) is 24.7. The van der Waals surface area contributed by atoms with Crippen molar-refractivity contribution in [3.05, 3.63) is 0 Å². The molecule has 0 radical (unpaired) electrons. The SMILES string of the molecule is CC1C[C@@H](N)C(O)C(O[C@@H]2O[C@H](CO)[C@H](O[C@@H](C)[C@H](N)C(O)C(O)[C@@H](O)CN)[C@@H]2O)[C@@H]1O[C@H]1OC(CN)[C@@H](NC(=O)CNCCNCCN)CC1N. The third-order valence-electron chi connectivity index (χ3n) is 9.95. The Hall–Kier alpha value is -1.29. The second-order valence-electron chi connectivity index (χ2n) is 14.0. The molecule has 0 spiro atoms. The smallest absolute Gasteiger partial charge is 0.234 e. The summed E-state index contributed by atoms with van der Waals surface area (Å²) in [4.78, 5) is 12.6. The minimum Gasteiger partial charge on any atom is -0.394 e. The van der Waals surface area contributed by atoms with E-state index in [1.807, 2.05) is 6.92 Å². The van der Waals surface area contributed by atoms with Crippen LogP contribution < -0.4 is 50.4 Å². The number of aliphatic hydroxyl groups excluding tert-OH is 6. The lowest BCUT2D eigenvalue weighted by Gasteiger charge is -2.47. The summed E-state index contributed by atoms with van der Waals surface area (Å²) >= 11 is 0. The molecule has 306 valence electrons. The standard InChI is InChI=1S/C31H65N9O12/c1-13-7-15(35)23(44)29(52-31-26(47)28(20(12-41)50-31)48-14(2)22(37)25(46)24(45)18(42)9-33)27(13)51-30-16(36)8-17(19(10-34)49-30)40-21(43)11-39-6-5-38-4-3-32/h13-20,22-31,38-39,41-42,44-47H,3-12,32-37H2,1-2H3,(H,40,43)/t13?,14-,15+,16?,17-,18-,19?,20+,22-,23?,24?,25?,26-,27+,28-,29?,30+,31-/m0/s1. The second-order valence-corrected chi connectivity index (χ2v) is 14.0. The van der Waals surface area contributed by atoms with Crippen molar-refractivity contribution in [1.82, 2.24) is 16.0 Å². The van der Waals surface area contributed by atoms with Gasteiger partial charge < -0.3 is 105 Å². The number of rotatable bonds is 21. The molecule has 0 bridgehead atoms. The van der Waals surface area contributed by atoms with Crippen LogP contribution in [-0.4, -0.2) is 193 Å². The van der Waals surface area contributed by atoms with Crippen molar-refractivity contribution in [1.29, 1.82) is 0 Å². The van der Waals surface area contributed by atoms with Crippen LogP contribution in [0.5, 0.6) is 0 Å². The maximum atomic E-state index is 12.6. The predicted octanol–water partition coefficient (Wildman–Crippen LogP) is -8.27. The molecule has 2 heterocycles. The molecule has 3 fully saturated rings. The average molecular weight is 756 g/mol. The Morgan fingerprint density at radius 3 is 2.15 bits per heavy atom. The first-order valence-electron chi connectivity index (χ1n) is 18.0. The summed E-state index contributed by atoms with van der Waals surface area (Å²) in [5.41, 5.74) is 35.7. The molecule has 2 aliphatic heterocycles. The van der Waals surface area contributed by atoms with E-state index >= 15 is 0 Å². The van der Waals surface area contributed by atoms with Gasteiger partial charge in [-0.3, -0.25) is 4.79 Å². The van der Waals surface area contributed by atoms with Gasteiger partial charge in [0.05, 0.1) is 61.8 Å². The van der Waals surface area contributed by atoms with Gasteiger partial charge in [-0.25, -0.2) is 0 Å². The van der Waals surface area contributed by atoms with Gasteiger partial charge >= 0.3 is 0 Å². The Bertz CT molecular complexity index is 1050. The van der Waals surface area contributed by atoms with Crippen LogP contribution in [0.1, 0.15) is 26.7 Å². The van der Waals surface area contributed by atoms with Crippen LogP contribution >= 0.6 is 0 Å².